The van der Waals surface area contributed by atoms with E-state index in [0.717, 1.165) is 83.8 Å². The van der Waals surface area contributed by atoms with Crippen LogP contribution in [0.25, 0.3) is 0 Å². The van der Waals surface area contributed by atoms with Gasteiger partial charge in [0.05, 0.1) is 36.5 Å². The molecular weight excluding hydrogens is 689 g/mol. The number of benzene rings is 1. The van der Waals surface area contributed by atoms with E-state index in [1.807, 2.05) is 0 Å². The van der Waals surface area contributed by atoms with Gasteiger partial charge in [-0.1, -0.05) is 69.2 Å². The molecule has 2 aliphatic carbocycles. The summed E-state index contributed by atoms with van der Waals surface area (Å²) in [7, 11) is 0. The molecule has 2 saturated heterocycles. The molecule has 10 unspecified atom stereocenters. The Balaban J connectivity index is 1.20. The second kappa shape index (κ2) is 17.5. The Morgan fingerprint density at radius 3 is 2.49 bits per heavy atom. The number of aliphatic hydroxyl groups is 2. The number of aliphatic carboxylic acids is 1. The smallest absolute Gasteiger partial charge is 0.306 e. The molecular formula is C45H75N6O4+. The maximum Gasteiger partial charge on any atom is 0.306 e. The number of carbonyl (C=O) groups is 1. The highest BCUT2D eigenvalue weighted by Gasteiger charge is 2.49. The molecule has 2 spiro atoms. The van der Waals surface area contributed by atoms with Crippen molar-refractivity contribution in [2.75, 3.05) is 19.8 Å². The third-order valence-corrected chi connectivity index (χ3v) is 15.8. The minimum absolute atomic E-state index is 0.0286. The number of rotatable bonds is 6. The molecule has 4 bridgehead atoms. The van der Waals surface area contributed by atoms with Crippen LogP contribution in [-0.2, 0) is 16.6 Å². The van der Waals surface area contributed by atoms with Crippen LogP contribution in [0, 0.1) is 11.3 Å². The van der Waals surface area contributed by atoms with Crippen molar-refractivity contribution in [3.8, 4) is 0 Å². The maximum absolute atomic E-state index is 12.2. The van der Waals surface area contributed by atoms with Crippen LogP contribution in [0.3, 0.4) is 0 Å². The van der Waals surface area contributed by atoms with Crippen molar-refractivity contribution in [3.63, 3.8) is 0 Å². The van der Waals surface area contributed by atoms with E-state index in [2.05, 4.69) is 65.3 Å². The number of piperidine rings is 2. The molecule has 308 valence electrons. The summed E-state index contributed by atoms with van der Waals surface area (Å²) in [5.41, 5.74) is 8.28. The summed E-state index contributed by atoms with van der Waals surface area (Å²) in [5.74, 6) is -0.389. The number of aliphatic imine (C=N–C) groups is 1. The number of hydrogen-bond donors (Lipinski definition) is 8. The van der Waals surface area contributed by atoms with Crippen molar-refractivity contribution >= 4 is 12.2 Å². The van der Waals surface area contributed by atoms with Crippen LogP contribution in [0.4, 0.5) is 0 Å². The van der Waals surface area contributed by atoms with Crippen LogP contribution in [-0.4, -0.2) is 94.8 Å². The van der Waals surface area contributed by atoms with E-state index < -0.39 is 11.6 Å². The van der Waals surface area contributed by atoms with Gasteiger partial charge in [-0.3, -0.25) is 10.1 Å². The average molecular weight is 764 g/mol. The van der Waals surface area contributed by atoms with Crippen LogP contribution in [0.1, 0.15) is 153 Å². The molecule has 10 atom stereocenters. The van der Waals surface area contributed by atoms with Crippen molar-refractivity contribution in [1.82, 2.24) is 16.0 Å². The largest absolute Gasteiger partial charge is 0.481 e. The fourth-order valence-electron chi connectivity index (χ4n) is 12.6. The Morgan fingerprint density at radius 2 is 1.75 bits per heavy atom. The molecule has 4 fully saturated rings. The van der Waals surface area contributed by atoms with Crippen molar-refractivity contribution in [1.29, 1.82) is 0 Å². The first kappa shape index (κ1) is 41.2. The molecule has 55 heavy (non-hydrogen) atoms. The molecule has 7 rings (SSSR count). The Hall–Kier alpha value is -1.92. The number of fused-ring (bicyclic) bond motifs is 6. The molecule has 1 aromatic carbocycles. The number of carboxylic acids is 1. The van der Waals surface area contributed by atoms with Crippen LogP contribution < -0.4 is 26.6 Å². The van der Waals surface area contributed by atoms with E-state index in [4.69, 9.17) is 5.73 Å². The van der Waals surface area contributed by atoms with Gasteiger partial charge in [-0.2, -0.15) is 0 Å². The number of aliphatic hydroxyl groups excluding tert-OH is 1. The lowest BCUT2D eigenvalue weighted by molar-refractivity contribution is -0.914. The summed E-state index contributed by atoms with van der Waals surface area (Å²) < 4.78 is 0. The second-order valence-corrected chi connectivity index (χ2v) is 20.0. The first-order chi connectivity index (χ1) is 26.4. The highest BCUT2D eigenvalue weighted by molar-refractivity contribution is 5.68. The van der Waals surface area contributed by atoms with E-state index in [9.17, 15) is 20.1 Å². The fourth-order valence-corrected chi connectivity index (χ4v) is 12.6. The average Bonchev–Trinajstić information content (AvgIpc) is 3.87. The molecule has 4 aliphatic heterocycles. The van der Waals surface area contributed by atoms with Gasteiger partial charge >= 0.3 is 5.97 Å². The summed E-state index contributed by atoms with van der Waals surface area (Å²) in [5, 5.41) is 44.6. The predicted molar refractivity (Wildman–Crippen MR) is 219 cm³/mol. The van der Waals surface area contributed by atoms with Gasteiger partial charge < -0.3 is 36.6 Å². The van der Waals surface area contributed by atoms with Crippen molar-refractivity contribution in [2.24, 2.45) is 22.1 Å². The summed E-state index contributed by atoms with van der Waals surface area (Å²) in [6, 6.07) is 10.6. The standard InChI is InChI=1S/C45H74N6O4/c1-32-38(52)26-37(51-23-22-47-31-51)36(49-32)14-13-33-11-9-17-43(15-6-7-16-43)20-21-44(55,29-41(53)54)30-48-42(2)27-39(50-40(46)28-42)45(18-4-3-5-19-45)35-12-8-10-34(24-33)25-35/h8,10,12,22,25,32-33,36-40,48-50,52,55H,3-7,9,11,13-21,23-24,26-31,46H2,1-2H3,(H,53,54)/p+1. The summed E-state index contributed by atoms with van der Waals surface area (Å²) in [6.07, 6.45) is 22.7. The Labute approximate surface area is 331 Å². The van der Waals surface area contributed by atoms with Gasteiger partial charge in [-0.25, -0.2) is 4.99 Å². The minimum Gasteiger partial charge on any atom is -0.481 e. The number of nitrogens with two attached hydrogens (primary N) is 1. The van der Waals surface area contributed by atoms with Gasteiger partial charge in [-0.05, 0) is 113 Å². The first-order valence-electron chi connectivity index (χ1n) is 22.4. The normalized spacial score (nSPS) is 39.8. The zero-order valence-corrected chi connectivity index (χ0v) is 34.2. The molecule has 4 heterocycles. The zero-order chi connectivity index (χ0) is 38.7. The lowest BCUT2D eigenvalue weighted by Gasteiger charge is -2.53. The van der Waals surface area contributed by atoms with Crippen molar-refractivity contribution in [3.05, 3.63) is 35.4 Å². The lowest BCUT2D eigenvalue weighted by atomic mass is 9.61. The summed E-state index contributed by atoms with van der Waals surface area (Å²) >= 11 is 0. The van der Waals surface area contributed by atoms with Crippen LogP contribution in [0.15, 0.2) is 29.3 Å². The monoisotopic (exact) mass is 764 g/mol. The number of carboxylic acid groups (broad SMARTS) is 1. The third-order valence-electron chi connectivity index (χ3n) is 15.8. The molecule has 10 nitrogen and oxygen atoms in total. The SMILES string of the molecule is CC1NC(CCC2CCCC3(CCCC3)CCC(O)(CC(=O)O)CNC3(C)CC(N)NC(C3)C3(CCCCC3)c3cccc(c3)C2)C([NH+]2CC=NC2)CC1O. The molecule has 10 heteroatoms. The number of nitrogens with zero attached hydrogens (tertiary/aromatic N) is 1. The van der Waals surface area contributed by atoms with E-state index in [0.29, 0.717) is 24.4 Å². The Bertz CT molecular complexity index is 1450. The lowest BCUT2D eigenvalue weighted by Crippen LogP contribution is -3.16. The van der Waals surface area contributed by atoms with Crippen LogP contribution in [0.5, 0.6) is 0 Å². The van der Waals surface area contributed by atoms with Crippen LogP contribution >= 0.6 is 0 Å². The Kier molecular flexibility index (Phi) is 13.1. The number of nitrogens with one attached hydrogen (secondary N) is 4. The molecule has 6 aliphatic rings. The molecule has 9 N–H and O–H groups in total. The van der Waals surface area contributed by atoms with Gasteiger partial charge in [0.25, 0.3) is 0 Å². The number of β-amino-alcohol motifs (C(OH)–C–C–N with tert-alkyl or cyclic N) is 1. The fraction of sp³-hybridized carbons (Fsp3) is 0.822. The molecule has 0 aromatic heterocycles. The van der Waals surface area contributed by atoms with Gasteiger partial charge in [0, 0.05) is 36.0 Å². The van der Waals surface area contributed by atoms with E-state index in [-0.39, 0.29) is 53.7 Å². The minimum atomic E-state index is -1.31. The molecule has 2 saturated carbocycles. The molecule has 1 aromatic rings. The van der Waals surface area contributed by atoms with E-state index in [1.54, 1.807) is 0 Å². The zero-order valence-electron chi connectivity index (χ0n) is 34.2. The number of hydrogen-bond acceptors (Lipinski definition) is 8. The predicted octanol–water partition coefficient (Wildman–Crippen LogP) is 4.35. The molecule has 0 amide bonds. The third kappa shape index (κ3) is 9.86. The highest BCUT2D eigenvalue weighted by atomic mass is 16.4. The first-order valence-corrected chi connectivity index (χ1v) is 22.4. The number of quaternary nitrogens is 1. The topological polar surface area (TPSA) is 157 Å². The Morgan fingerprint density at radius 1 is 0.982 bits per heavy atom. The van der Waals surface area contributed by atoms with E-state index >= 15 is 0 Å². The van der Waals surface area contributed by atoms with Gasteiger partial charge in [0.2, 0.25) is 0 Å². The van der Waals surface area contributed by atoms with E-state index in [1.165, 1.54) is 67.4 Å². The van der Waals surface area contributed by atoms with Gasteiger partial charge in [-0.15, -0.1) is 0 Å². The maximum atomic E-state index is 12.2. The highest BCUT2D eigenvalue weighted by Crippen LogP contribution is 2.49. The van der Waals surface area contributed by atoms with Crippen LogP contribution in [0.2, 0.25) is 0 Å². The second-order valence-electron chi connectivity index (χ2n) is 20.0. The quantitative estimate of drug-likeness (QED) is 0.213. The summed E-state index contributed by atoms with van der Waals surface area (Å²) in [6.45, 7) is 6.41. The van der Waals surface area contributed by atoms with Crippen molar-refractivity contribution < 1.29 is 25.0 Å². The molecule has 0 radical (unpaired) electrons. The summed E-state index contributed by atoms with van der Waals surface area (Å²) in [4.78, 5) is 18.3. The van der Waals surface area contributed by atoms with Gasteiger partial charge in [0.1, 0.15) is 12.6 Å². The van der Waals surface area contributed by atoms with Gasteiger partial charge in [0.15, 0.2) is 6.67 Å². The van der Waals surface area contributed by atoms with Crippen molar-refractivity contribution in [2.45, 2.75) is 202 Å².